The Kier molecular flexibility index (Phi) is 6.06. The van der Waals surface area contributed by atoms with Crippen molar-refractivity contribution in [2.45, 2.75) is 31.2 Å². The Morgan fingerprint density at radius 2 is 2.00 bits per heavy atom. The Morgan fingerprint density at radius 3 is 2.70 bits per heavy atom. The summed E-state index contributed by atoms with van der Waals surface area (Å²) in [5.74, 6) is 1.44. The number of ether oxygens (including phenoxy) is 1. The number of fused-ring (bicyclic) bond motifs is 1. The van der Waals surface area contributed by atoms with Crippen molar-refractivity contribution in [3.8, 4) is 5.75 Å². The van der Waals surface area contributed by atoms with Crippen LogP contribution >= 0.6 is 23.1 Å². The molecule has 0 unspecified atom stereocenters. The van der Waals surface area contributed by atoms with Gasteiger partial charge in [-0.25, -0.2) is 4.98 Å². The number of hydrogen-bond acceptors (Lipinski definition) is 7. The standard InChI is InChI=1S/C22H21N3O3S2/c1-13-18(14(2)28-25-13)12-27-17-7-4-15(5-8-17)10-21(26)23-16-6-9-19-20(11-16)30-22(24-19)29-3/h4-9,11H,10,12H2,1-3H3,(H,23,26). The summed E-state index contributed by atoms with van der Waals surface area (Å²) in [5.41, 5.74) is 4.45. The van der Waals surface area contributed by atoms with Crippen LogP contribution in [0.3, 0.4) is 0 Å². The number of rotatable bonds is 7. The summed E-state index contributed by atoms with van der Waals surface area (Å²) in [4.78, 5) is 17.0. The molecule has 0 radical (unpaired) electrons. The Labute approximate surface area is 182 Å². The van der Waals surface area contributed by atoms with Crippen molar-refractivity contribution in [2.75, 3.05) is 11.6 Å². The normalized spacial score (nSPS) is 11.0. The number of thiazole rings is 1. The minimum Gasteiger partial charge on any atom is -0.489 e. The molecule has 4 rings (SSSR count). The van der Waals surface area contributed by atoms with Crippen molar-refractivity contribution < 1.29 is 14.1 Å². The Balaban J connectivity index is 1.34. The predicted octanol–water partition coefficient (Wildman–Crippen LogP) is 5.38. The average Bonchev–Trinajstić information content (AvgIpc) is 3.29. The highest BCUT2D eigenvalue weighted by atomic mass is 32.2. The minimum atomic E-state index is -0.0617. The lowest BCUT2D eigenvalue weighted by Gasteiger charge is -2.08. The number of thioether (sulfide) groups is 1. The number of hydrogen-bond donors (Lipinski definition) is 1. The molecule has 0 aliphatic rings. The quantitative estimate of drug-likeness (QED) is 0.389. The van der Waals surface area contributed by atoms with Crippen LogP contribution in [0.15, 0.2) is 51.3 Å². The molecule has 1 amide bonds. The molecule has 0 saturated heterocycles. The fraction of sp³-hybridized carbons (Fsp3) is 0.227. The van der Waals surface area contributed by atoms with Crippen LogP contribution in [0.4, 0.5) is 5.69 Å². The molecule has 0 saturated carbocycles. The molecule has 4 aromatic rings. The largest absolute Gasteiger partial charge is 0.489 e. The number of carbonyl (C=O) groups excluding carboxylic acids is 1. The molecule has 0 atom stereocenters. The van der Waals surface area contributed by atoms with Gasteiger partial charge in [0.1, 0.15) is 18.1 Å². The van der Waals surface area contributed by atoms with Gasteiger partial charge < -0.3 is 14.6 Å². The van der Waals surface area contributed by atoms with E-state index in [4.69, 9.17) is 9.26 Å². The van der Waals surface area contributed by atoms with E-state index in [2.05, 4.69) is 15.5 Å². The van der Waals surface area contributed by atoms with Crippen molar-refractivity contribution >= 4 is 44.9 Å². The lowest BCUT2D eigenvalue weighted by Crippen LogP contribution is -2.14. The van der Waals surface area contributed by atoms with Crippen LogP contribution in [0.2, 0.25) is 0 Å². The van der Waals surface area contributed by atoms with E-state index in [1.54, 1.807) is 23.1 Å². The predicted molar refractivity (Wildman–Crippen MR) is 120 cm³/mol. The first-order valence-electron chi connectivity index (χ1n) is 9.40. The molecule has 0 spiro atoms. The van der Waals surface area contributed by atoms with Gasteiger partial charge in [-0.1, -0.05) is 29.1 Å². The van der Waals surface area contributed by atoms with E-state index in [0.717, 1.165) is 48.6 Å². The molecule has 8 heteroatoms. The van der Waals surface area contributed by atoms with Crippen molar-refractivity contribution in [1.82, 2.24) is 10.1 Å². The fourth-order valence-electron chi connectivity index (χ4n) is 3.03. The Hall–Kier alpha value is -2.84. The van der Waals surface area contributed by atoms with Crippen LogP contribution in [0.25, 0.3) is 10.2 Å². The molecular formula is C22H21N3O3S2. The van der Waals surface area contributed by atoms with Crippen LogP contribution in [-0.4, -0.2) is 22.3 Å². The zero-order valence-electron chi connectivity index (χ0n) is 16.9. The van der Waals surface area contributed by atoms with Crippen LogP contribution in [0, 0.1) is 13.8 Å². The molecule has 1 N–H and O–H groups in total. The number of benzene rings is 2. The average molecular weight is 440 g/mol. The van der Waals surface area contributed by atoms with Gasteiger partial charge in [0.25, 0.3) is 0 Å². The van der Waals surface area contributed by atoms with E-state index in [9.17, 15) is 4.79 Å². The number of nitrogens with zero attached hydrogens (tertiary/aromatic N) is 2. The van der Waals surface area contributed by atoms with Crippen LogP contribution in [-0.2, 0) is 17.8 Å². The van der Waals surface area contributed by atoms with Gasteiger partial charge in [-0.3, -0.25) is 4.79 Å². The van der Waals surface area contributed by atoms with E-state index in [-0.39, 0.29) is 5.91 Å². The van der Waals surface area contributed by atoms with Crippen LogP contribution < -0.4 is 10.1 Å². The summed E-state index contributed by atoms with van der Waals surface area (Å²) in [6, 6.07) is 13.3. The van der Waals surface area contributed by atoms with Gasteiger partial charge in [-0.05, 0) is 56.0 Å². The minimum absolute atomic E-state index is 0.0617. The van der Waals surface area contributed by atoms with Crippen molar-refractivity contribution in [2.24, 2.45) is 0 Å². The molecule has 0 aliphatic carbocycles. The van der Waals surface area contributed by atoms with E-state index < -0.39 is 0 Å². The summed E-state index contributed by atoms with van der Waals surface area (Å²) < 4.78 is 13.0. The fourth-order valence-corrected chi connectivity index (χ4v) is 4.55. The van der Waals surface area contributed by atoms with Gasteiger partial charge in [0.05, 0.1) is 27.9 Å². The molecule has 154 valence electrons. The molecule has 0 fully saturated rings. The molecule has 6 nitrogen and oxygen atoms in total. The second kappa shape index (κ2) is 8.89. The number of nitrogens with one attached hydrogen (secondary N) is 1. The van der Waals surface area contributed by atoms with Gasteiger partial charge in [0.2, 0.25) is 5.91 Å². The maximum atomic E-state index is 12.4. The van der Waals surface area contributed by atoms with Crippen molar-refractivity contribution in [1.29, 1.82) is 0 Å². The first-order valence-corrected chi connectivity index (χ1v) is 11.4. The highest BCUT2D eigenvalue weighted by Crippen LogP contribution is 2.30. The van der Waals surface area contributed by atoms with Gasteiger partial charge in [-0.15, -0.1) is 11.3 Å². The first kappa shape index (κ1) is 20.4. The number of carbonyl (C=O) groups is 1. The highest BCUT2D eigenvalue weighted by molar-refractivity contribution is 8.00. The summed E-state index contributed by atoms with van der Waals surface area (Å²) in [6.45, 7) is 4.17. The lowest BCUT2D eigenvalue weighted by atomic mass is 10.1. The summed E-state index contributed by atoms with van der Waals surface area (Å²) in [7, 11) is 0. The third-order valence-corrected chi connectivity index (χ3v) is 6.68. The van der Waals surface area contributed by atoms with Crippen LogP contribution in [0.1, 0.15) is 22.6 Å². The van der Waals surface area contributed by atoms with E-state index >= 15 is 0 Å². The molecule has 0 bridgehead atoms. The van der Waals surface area contributed by atoms with Gasteiger partial charge in [0.15, 0.2) is 4.34 Å². The van der Waals surface area contributed by atoms with E-state index in [1.807, 2.05) is 62.6 Å². The zero-order valence-corrected chi connectivity index (χ0v) is 18.5. The molecule has 0 aliphatic heterocycles. The number of aryl methyl sites for hydroxylation is 2. The number of anilines is 1. The second-order valence-corrected chi connectivity index (χ2v) is 8.91. The monoisotopic (exact) mass is 439 g/mol. The molecule has 2 aromatic heterocycles. The SMILES string of the molecule is CSc1nc2ccc(NC(=O)Cc3ccc(OCc4c(C)noc4C)cc3)cc2s1. The van der Waals surface area contributed by atoms with Crippen LogP contribution in [0.5, 0.6) is 5.75 Å². The van der Waals surface area contributed by atoms with E-state index in [0.29, 0.717) is 13.0 Å². The smallest absolute Gasteiger partial charge is 0.228 e. The van der Waals surface area contributed by atoms with Gasteiger partial charge in [-0.2, -0.15) is 0 Å². The first-order chi connectivity index (χ1) is 14.5. The second-order valence-electron chi connectivity index (χ2n) is 6.83. The van der Waals surface area contributed by atoms with Crippen molar-refractivity contribution in [3.63, 3.8) is 0 Å². The molecule has 30 heavy (non-hydrogen) atoms. The van der Waals surface area contributed by atoms with Gasteiger partial charge >= 0.3 is 0 Å². The summed E-state index contributed by atoms with van der Waals surface area (Å²) in [5, 5.41) is 6.89. The summed E-state index contributed by atoms with van der Waals surface area (Å²) >= 11 is 3.25. The molecule has 2 aromatic carbocycles. The third-order valence-electron chi connectivity index (χ3n) is 4.68. The Morgan fingerprint density at radius 1 is 1.20 bits per heavy atom. The maximum absolute atomic E-state index is 12.4. The Bertz CT molecular complexity index is 1160. The molecule has 2 heterocycles. The zero-order chi connectivity index (χ0) is 21.1. The third kappa shape index (κ3) is 4.66. The highest BCUT2D eigenvalue weighted by Gasteiger charge is 2.10. The van der Waals surface area contributed by atoms with Crippen molar-refractivity contribution in [3.05, 3.63) is 65.0 Å². The number of amides is 1. The number of aromatic nitrogens is 2. The topological polar surface area (TPSA) is 77.2 Å². The van der Waals surface area contributed by atoms with E-state index in [1.165, 1.54) is 0 Å². The summed E-state index contributed by atoms with van der Waals surface area (Å²) in [6.07, 6.45) is 2.30. The van der Waals surface area contributed by atoms with Gasteiger partial charge in [0, 0.05) is 5.69 Å². The molecular weight excluding hydrogens is 418 g/mol. The maximum Gasteiger partial charge on any atom is 0.228 e. The lowest BCUT2D eigenvalue weighted by molar-refractivity contribution is -0.115.